The van der Waals surface area contributed by atoms with E-state index in [1.54, 1.807) is 12.1 Å². The van der Waals surface area contributed by atoms with Crippen molar-refractivity contribution in [1.29, 1.82) is 0 Å². The third kappa shape index (κ3) is 4.74. The zero-order valence-electron chi connectivity index (χ0n) is 9.27. The van der Waals surface area contributed by atoms with Crippen LogP contribution in [0.2, 0.25) is 0 Å². The first-order chi connectivity index (χ1) is 7.74. The van der Waals surface area contributed by atoms with E-state index < -0.39 is 5.97 Å². The Labute approximate surface area is 98.8 Å². The Morgan fingerprint density at radius 2 is 2.06 bits per heavy atom. The molecule has 1 heterocycles. The number of carboxylic acid groups (broad SMARTS) is 1. The zero-order valence-corrected chi connectivity index (χ0v) is 10.1. The van der Waals surface area contributed by atoms with E-state index in [-0.39, 0.29) is 0 Å². The Bertz CT molecular complexity index is 322. The Hall–Kier alpha value is -0.910. The summed E-state index contributed by atoms with van der Waals surface area (Å²) in [5.41, 5.74) is 0. The van der Waals surface area contributed by atoms with Gasteiger partial charge in [0.25, 0.3) is 0 Å². The number of carbonyl (C=O) groups is 1. The second kappa shape index (κ2) is 7.38. The number of rotatable bonds is 8. The normalized spacial score (nSPS) is 10.6. The van der Waals surface area contributed by atoms with Crippen molar-refractivity contribution in [2.24, 2.45) is 0 Å². The van der Waals surface area contributed by atoms with Gasteiger partial charge in [0.2, 0.25) is 0 Å². The second-order valence-corrected chi connectivity index (χ2v) is 4.40. The summed E-state index contributed by atoms with van der Waals surface area (Å²) in [4.78, 5) is 11.9. The Morgan fingerprint density at radius 1 is 1.31 bits per heavy atom. The molecule has 0 saturated heterocycles. The van der Waals surface area contributed by atoms with Crippen LogP contribution in [0.5, 0.6) is 0 Å². The molecule has 4 nitrogen and oxygen atoms in total. The van der Waals surface area contributed by atoms with E-state index in [0.717, 1.165) is 17.9 Å². The van der Waals surface area contributed by atoms with Gasteiger partial charge in [-0.05, 0) is 18.6 Å². The number of ether oxygens (including phenoxy) is 2. The van der Waals surface area contributed by atoms with E-state index >= 15 is 0 Å². The molecule has 0 aliphatic rings. The van der Waals surface area contributed by atoms with Gasteiger partial charge in [0.05, 0.1) is 19.8 Å². The molecule has 0 spiro atoms. The third-order valence-electron chi connectivity index (χ3n) is 1.84. The first-order valence-corrected chi connectivity index (χ1v) is 6.03. The first kappa shape index (κ1) is 13.2. The van der Waals surface area contributed by atoms with Crippen LogP contribution in [0.3, 0.4) is 0 Å². The summed E-state index contributed by atoms with van der Waals surface area (Å²) in [6, 6.07) is 3.38. The van der Waals surface area contributed by atoms with Gasteiger partial charge in [-0.25, -0.2) is 4.79 Å². The number of hydrogen-bond donors (Lipinski definition) is 1. The van der Waals surface area contributed by atoms with Gasteiger partial charge in [-0.3, -0.25) is 0 Å². The molecule has 0 aliphatic heterocycles. The lowest BCUT2D eigenvalue weighted by atomic mass is 10.4. The van der Waals surface area contributed by atoms with Gasteiger partial charge in [0, 0.05) is 11.5 Å². The molecule has 0 bridgehead atoms. The molecular weight excluding hydrogens is 228 g/mol. The topological polar surface area (TPSA) is 55.8 Å². The van der Waals surface area contributed by atoms with Crippen molar-refractivity contribution in [3.8, 4) is 0 Å². The highest BCUT2D eigenvalue weighted by molar-refractivity contribution is 7.13. The summed E-state index contributed by atoms with van der Waals surface area (Å²) < 4.78 is 10.6. The van der Waals surface area contributed by atoms with Crippen molar-refractivity contribution < 1.29 is 19.4 Å². The number of thiophene rings is 1. The van der Waals surface area contributed by atoms with Crippen molar-refractivity contribution in [3.05, 3.63) is 21.9 Å². The van der Waals surface area contributed by atoms with Gasteiger partial charge in [-0.2, -0.15) is 0 Å². The highest BCUT2D eigenvalue weighted by atomic mass is 32.1. The SMILES string of the molecule is CCCOCCOCc1ccc(C(=O)O)s1. The van der Waals surface area contributed by atoms with Crippen molar-refractivity contribution in [1.82, 2.24) is 0 Å². The Kier molecular flexibility index (Phi) is 6.07. The van der Waals surface area contributed by atoms with Crippen LogP contribution in [0, 0.1) is 0 Å². The second-order valence-electron chi connectivity index (χ2n) is 3.24. The van der Waals surface area contributed by atoms with E-state index in [1.165, 1.54) is 11.3 Å². The maximum atomic E-state index is 10.6. The van der Waals surface area contributed by atoms with Gasteiger partial charge in [0.15, 0.2) is 0 Å². The molecule has 1 aromatic heterocycles. The molecular formula is C11H16O4S. The van der Waals surface area contributed by atoms with E-state index in [4.69, 9.17) is 14.6 Å². The summed E-state index contributed by atoms with van der Waals surface area (Å²) in [7, 11) is 0. The van der Waals surface area contributed by atoms with Gasteiger partial charge in [-0.1, -0.05) is 6.92 Å². The van der Waals surface area contributed by atoms with Crippen molar-refractivity contribution in [2.75, 3.05) is 19.8 Å². The molecule has 1 N–H and O–H groups in total. The number of aromatic carboxylic acids is 1. The summed E-state index contributed by atoms with van der Waals surface area (Å²) in [6.45, 7) is 4.39. The zero-order chi connectivity index (χ0) is 11.8. The minimum Gasteiger partial charge on any atom is -0.477 e. The van der Waals surface area contributed by atoms with Crippen molar-refractivity contribution in [3.63, 3.8) is 0 Å². The average Bonchev–Trinajstić information content (AvgIpc) is 2.72. The lowest BCUT2D eigenvalue weighted by Crippen LogP contribution is -2.04. The molecule has 0 aliphatic carbocycles. The van der Waals surface area contributed by atoms with Crippen LogP contribution in [0.1, 0.15) is 27.9 Å². The highest BCUT2D eigenvalue weighted by Crippen LogP contribution is 2.17. The van der Waals surface area contributed by atoms with Gasteiger partial charge >= 0.3 is 5.97 Å². The van der Waals surface area contributed by atoms with Crippen LogP contribution in [-0.2, 0) is 16.1 Å². The number of carboxylic acids is 1. The maximum Gasteiger partial charge on any atom is 0.345 e. The largest absolute Gasteiger partial charge is 0.477 e. The van der Waals surface area contributed by atoms with Crippen LogP contribution in [0.4, 0.5) is 0 Å². The van der Waals surface area contributed by atoms with Crippen LogP contribution >= 0.6 is 11.3 Å². The van der Waals surface area contributed by atoms with E-state index in [9.17, 15) is 4.79 Å². The minimum atomic E-state index is -0.887. The van der Waals surface area contributed by atoms with Gasteiger partial charge < -0.3 is 14.6 Å². The van der Waals surface area contributed by atoms with Crippen molar-refractivity contribution in [2.45, 2.75) is 20.0 Å². The summed E-state index contributed by atoms with van der Waals surface area (Å²) in [5, 5.41) is 8.72. The predicted molar refractivity (Wildman–Crippen MR) is 62.0 cm³/mol. The lowest BCUT2D eigenvalue weighted by molar-refractivity contribution is 0.0417. The molecule has 1 rings (SSSR count). The van der Waals surface area contributed by atoms with E-state index in [0.29, 0.717) is 24.7 Å². The van der Waals surface area contributed by atoms with Crippen molar-refractivity contribution >= 4 is 17.3 Å². The smallest absolute Gasteiger partial charge is 0.345 e. The van der Waals surface area contributed by atoms with Crippen LogP contribution in [0.25, 0.3) is 0 Å². The summed E-state index contributed by atoms with van der Waals surface area (Å²) in [5.74, 6) is -0.887. The molecule has 0 saturated carbocycles. The monoisotopic (exact) mass is 244 g/mol. The summed E-state index contributed by atoms with van der Waals surface area (Å²) in [6.07, 6.45) is 1.01. The van der Waals surface area contributed by atoms with Crippen LogP contribution in [0.15, 0.2) is 12.1 Å². The standard InChI is InChI=1S/C11H16O4S/c1-2-5-14-6-7-15-8-9-3-4-10(16-9)11(12)13/h3-4H,2,5-8H2,1H3,(H,12,13). The molecule has 0 radical (unpaired) electrons. The van der Waals surface area contributed by atoms with E-state index in [1.807, 2.05) is 0 Å². The Morgan fingerprint density at radius 3 is 2.69 bits per heavy atom. The molecule has 0 fully saturated rings. The Balaban J connectivity index is 2.14. The van der Waals surface area contributed by atoms with Crippen LogP contribution < -0.4 is 0 Å². The first-order valence-electron chi connectivity index (χ1n) is 5.21. The molecule has 0 atom stereocenters. The average molecular weight is 244 g/mol. The third-order valence-corrected chi connectivity index (χ3v) is 2.88. The molecule has 1 aromatic rings. The minimum absolute atomic E-state index is 0.348. The molecule has 0 unspecified atom stereocenters. The van der Waals surface area contributed by atoms with Gasteiger partial charge in [-0.15, -0.1) is 11.3 Å². The maximum absolute atomic E-state index is 10.6. The fraction of sp³-hybridized carbons (Fsp3) is 0.545. The molecule has 5 heteroatoms. The molecule has 90 valence electrons. The van der Waals surface area contributed by atoms with Gasteiger partial charge in [0.1, 0.15) is 4.88 Å². The van der Waals surface area contributed by atoms with E-state index in [2.05, 4.69) is 6.92 Å². The number of hydrogen-bond acceptors (Lipinski definition) is 4. The van der Waals surface area contributed by atoms with Crippen LogP contribution in [-0.4, -0.2) is 30.9 Å². The highest BCUT2D eigenvalue weighted by Gasteiger charge is 2.06. The molecule has 0 aromatic carbocycles. The predicted octanol–water partition coefficient (Wildman–Crippen LogP) is 2.39. The summed E-state index contributed by atoms with van der Waals surface area (Å²) >= 11 is 1.24. The fourth-order valence-corrected chi connectivity index (χ4v) is 1.89. The lowest BCUT2D eigenvalue weighted by Gasteiger charge is -2.03. The quantitative estimate of drug-likeness (QED) is 0.713. The molecule has 16 heavy (non-hydrogen) atoms. The fourth-order valence-electron chi connectivity index (χ4n) is 1.11. The molecule has 0 amide bonds.